The molecule has 0 aromatic carbocycles. The van der Waals surface area contributed by atoms with E-state index in [1.807, 2.05) is 19.1 Å². The van der Waals surface area contributed by atoms with E-state index in [0.29, 0.717) is 12.8 Å². The number of carbonyl (C=O) groups is 1. The van der Waals surface area contributed by atoms with Crippen LogP contribution in [0.3, 0.4) is 0 Å². The van der Waals surface area contributed by atoms with Crippen LogP contribution in [-0.4, -0.2) is 17.1 Å². The van der Waals surface area contributed by atoms with Gasteiger partial charge in [0.25, 0.3) is 0 Å². The summed E-state index contributed by atoms with van der Waals surface area (Å²) in [5, 5.41) is 8.92. The summed E-state index contributed by atoms with van der Waals surface area (Å²) in [5.74, 6) is -0.644. The van der Waals surface area contributed by atoms with Gasteiger partial charge in [0, 0.05) is 0 Å². The molecule has 0 saturated heterocycles. The highest BCUT2D eigenvalue weighted by atomic mass is 16.3. The Labute approximate surface area is 66.9 Å². The van der Waals surface area contributed by atoms with E-state index in [-0.39, 0.29) is 0 Å². The minimum Gasteiger partial charge on any atom is -0.383 e. The number of aliphatic hydroxyl groups excluding tert-OH is 1. The van der Waals surface area contributed by atoms with Crippen LogP contribution in [0.15, 0.2) is 12.2 Å². The van der Waals surface area contributed by atoms with Crippen LogP contribution in [-0.2, 0) is 4.79 Å². The van der Waals surface area contributed by atoms with E-state index in [1.165, 1.54) is 0 Å². The number of allylic oxidation sites excluding steroid dienone is 2. The molecule has 3 N–H and O–H groups in total. The topological polar surface area (TPSA) is 63.3 Å². The van der Waals surface area contributed by atoms with E-state index in [2.05, 4.69) is 0 Å². The molecule has 0 bridgehead atoms. The van der Waals surface area contributed by atoms with Gasteiger partial charge in [0.05, 0.1) is 0 Å². The Morgan fingerprint density at radius 2 is 2.27 bits per heavy atom. The molecule has 1 atom stereocenters. The van der Waals surface area contributed by atoms with Crippen LogP contribution in [0.25, 0.3) is 0 Å². The van der Waals surface area contributed by atoms with Crippen molar-refractivity contribution in [2.45, 2.75) is 32.3 Å². The molecule has 0 aliphatic carbocycles. The number of carbonyl (C=O) groups excluding carboxylic acids is 1. The molecule has 0 aromatic rings. The van der Waals surface area contributed by atoms with Crippen molar-refractivity contribution in [3.05, 3.63) is 12.2 Å². The molecule has 0 fully saturated rings. The summed E-state index contributed by atoms with van der Waals surface area (Å²) in [6.45, 7) is 2.03. The summed E-state index contributed by atoms with van der Waals surface area (Å²) < 4.78 is 0. The smallest absolute Gasteiger partial charge is 0.246 e. The Bertz CT molecular complexity index is 143. The molecule has 0 rings (SSSR count). The lowest BCUT2D eigenvalue weighted by molar-refractivity contribution is -0.126. The average Bonchev–Trinajstić information content (AvgIpc) is 1.97. The third-order valence-corrected chi connectivity index (χ3v) is 1.34. The summed E-state index contributed by atoms with van der Waals surface area (Å²) in [4.78, 5) is 10.3. The molecule has 0 aliphatic heterocycles. The molecule has 3 heteroatoms. The van der Waals surface area contributed by atoms with Crippen molar-refractivity contribution in [3.63, 3.8) is 0 Å². The predicted octanol–water partition coefficient (Wildman–Crippen LogP) is 0.579. The first kappa shape index (κ1) is 10.2. The SMILES string of the molecule is CC/C=C/CC[C@@H](O)C(N)=O. The van der Waals surface area contributed by atoms with Gasteiger partial charge < -0.3 is 10.8 Å². The van der Waals surface area contributed by atoms with E-state index < -0.39 is 12.0 Å². The number of primary amides is 1. The second-order valence-electron chi connectivity index (χ2n) is 2.38. The third-order valence-electron chi connectivity index (χ3n) is 1.34. The quantitative estimate of drug-likeness (QED) is 0.573. The van der Waals surface area contributed by atoms with Crippen molar-refractivity contribution in [3.8, 4) is 0 Å². The lowest BCUT2D eigenvalue weighted by Crippen LogP contribution is -2.27. The molecule has 0 unspecified atom stereocenters. The van der Waals surface area contributed by atoms with Gasteiger partial charge in [0.2, 0.25) is 5.91 Å². The first-order valence-corrected chi connectivity index (χ1v) is 3.80. The first-order valence-electron chi connectivity index (χ1n) is 3.80. The van der Waals surface area contributed by atoms with Gasteiger partial charge in [-0.05, 0) is 19.3 Å². The highest BCUT2D eigenvalue weighted by molar-refractivity contribution is 5.78. The highest BCUT2D eigenvalue weighted by Crippen LogP contribution is 1.97. The number of hydrogen-bond donors (Lipinski definition) is 2. The van der Waals surface area contributed by atoms with Gasteiger partial charge in [0.1, 0.15) is 6.10 Å². The molecule has 64 valence electrons. The molecule has 0 aliphatic rings. The molecule has 0 saturated carbocycles. The van der Waals surface area contributed by atoms with Crippen molar-refractivity contribution in [2.75, 3.05) is 0 Å². The zero-order valence-electron chi connectivity index (χ0n) is 6.79. The van der Waals surface area contributed by atoms with E-state index in [1.54, 1.807) is 0 Å². The maximum Gasteiger partial charge on any atom is 0.246 e. The van der Waals surface area contributed by atoms with Crippen LogP contribution in [0.4, 0.5) is 0 Å². The second-order valence-corrected chi connectivity index (χ2v) is 2.38. The lowest BCUT2D eigenvalue weighted by atomic mass is 10.2. The van der Waals surface area contributed by atoms with Crippen LogP contribution >= 0.6 is 0 Å². The van der Waals surface area contributed by atoms with Gasteiger partial charge in [-0.3, -0.25) is 4.79 Å². The van der Waals surface area contributed by atoms with E-state index >= 15 is 0 Å². The van der Waals surface area contributed by atoms with Crippen LogP contribution < -0.4 is 5.73 Å². The predicted molar refractivity (Wildman–Crippen MR) is 43.9 cm³/mol. The standard InChI is InChI=1S/C8H15NO2/c1-2-3-4-5-6-7(10)8(9)11/h3-4,7,10H,2,5-6H2,1H3,(H2,9,11)/b4-3+/t7-/m1/s1. The zero-order valence-corrected chi connectivity index (χ0v) is 6.79. The summed E-state index contributed by atoms with van der Waals surface area (Å²) in [6.07, 6.45) is 5.05. The van der Waals surface area contributed by atoms with Gasteiger partial charge in [-0.2, -0.15) is 0 Å². The fraction of sp³-hybridized carbons (Fsp3) is 0.625. The number of aliphatic hydroxyl groups is 1. The van der Waals surface area contributed by atoms with Crippen LogP contribution in [0.1, 0.15) is 26.2 Å². The Balaban J connectivity index is 3.38. The number of nitrogens with two attached hydrogens (primary N) is 1. The Morgan fingerprint density at radius 1 is 1.64 bits per heavy atom. The maximum absolute atomic E-state index is 10.3. The van der Waals surface area contributed by atoms with Crippen molar-refractivity contribution in [1.82, 2.24) is 0 Å². The number of rotatable bonds is 5. The average molecular weight is 157 g/mol. The molecule has 0 spiro atoms. The minimum absolute atomic E-state index is 0.422. The molecular weight excluding hydrogens is 142 g/mol. The molecule has 11 heavy (non-hydrogen) atoms. The fourth-order valence-electron chi connectivity index (χ4n) is 0.681. The monoisotopic (exact) mass is 157 g/mol. The normalized spacial score (nSPS) is 13.6. The number of hydrogen-bond acceptors (Lipinski definition) is 2. The van der Waals surface area contributed by atoms with E-state index in [4.69, 9.17) is 10.8 Å². The minimum atomic E-state index is -0.989. The van der Waals surface area contributed by atoms with Gasteiger partial charge >= 0.3 is 0 Å². The fourth-order valence-corrected chi connectivity index (χ4v) is 0.681. The number of amides is 1. The Morgan fingerprint density at radius 3 is 2.73 bits per heavy atom. The molecule has 0 heterocycles. The summed E-state index contributed by atoms with van der Waals surface area (Å²) >= 11 is 0. The summed E-state index contributed by atoms with van der Waals surface area (Å²) in [6, 6.07) is 0. The lowest BCUT2D eigenvalue weighted by Gasteiger charge is -2.01. The zero-order chi connectivity index (χ0) is 8.69. The molecule has 0 radical (unpaired) electrons. The second kappa shape index (κ2) is 5.92. The van der Waals surface area contributed by atoms with Crippen LogP contribution in [0, 0.1) is 0 Å². The first-order chi connectivity index (χ1) is 5.18. The van der Waals surface area contributed by atoms with Gasteiger partial charge in [-0.15, -0.1) is 0 Å². The third kappa shape index (κ3) is 5.61. The van der Waals surface area contributed by atoms with Crippen LogP contribution in [0.5, 0.6) is 0 Å². The highest BCUT2D eigenvalue weighted by Gasteiger charge is 2.07. The van der Waals surface area contributed by atoms with Gasteiger partial charge in [0.15, 0.2) is 0 Å². The van der Waals surface area contributed by atoms with Crippen molar-refractivity contribution in [2.24, 2.45) is 5.73 Å². The van der Waals surface area contributed by atoms with Crippen molar-refractivity contribution < 1.29 is 9.90 Å². The van der Waals surface area contributed by atoms with Crippen molar-refractivity contribution >= 4 is 5.91 Å². The molecular formula is C8H15NO2. The molecule has 1 amide bonds. The molecule has 0 aromatic heterocycles. The summed E-state index contributed by atoms with van der Waals surface area (Å²) in [7, 11) is 0. The van der Waals surface area contributed by atoms with Gasteiger partial charge in [-0.1, -0.05) is 19.1 Å². The Hall–Kier alpha value is -0.830. The Kier molecular flexibility index (Phi) is 5.47. The largest absolute Gasteiger partial charge is 0.383 e. The maximum atomic E-state index is 10.3. The summed E-state index contributed by atoms with van der Waals surface area (Å²) in [5.41, 5.74) is 4.84. The van der Waals surface area contributed by atoms with Crippen molar-refractivity contribution in [1.29, 1.82) is 0 Å². The van der Waals surface area contributed by atoms with E-state index in [0.717, 1.165) is 6.42 Å². The molecule has 3 nitrogen and oxygen atoms in total. The van der Waals surface area contributed by atoms with Gasteiger partial charge in [-0.25, -0.2) is 0 Å². The van der Waals surface area contributed by atoms with Crippen LogP contribution in [0.2, 0.25) is 0 Å². The van der Waals surface area contributed by atoms with E-state index in [9.17, 15) is 4.79 Å².